The largest absolute Gasteiger partial charge is 0.393 e. The first-order valence-corrected chi connectivity index (χ1v) is 12.2. The smallest absolute Gasteiger partial charge is 0.0583 e. The van der Waals surface area contributed by atoms with Crippen LogP contribution in [0.4, 0.5) is 0 Å². The monoisotopic (exact) mass is 400 g/mol. The normalized spacial score (nSPS) is 37.9. The standard InChI is InChI=1S/C27H44O2/c1-18(2)8-15-26(29)20(4)24-13-14-25-21(7-6-16-27(24,25)5)10-11-22-17-23(28)12-9-19(22)3/h10-11,18,20,23-26,28-29H,3,6-9,12-17H2,1-2,4-5H3/t20-,23-,24+,25?,26?,27+/m0/s1. The zero-order chi connectivity index (χ0) is 21.2. The summed E-state index contributed by atoms with van der Waals surface area (Å²) in [7, 11) is 0. The van der Waals surface area contributed by atoms with Gasteiger partial charge in [-0.05, 0) is 98.9 Å². The van der Waals surface area contributed by atoms with Gasteiger partial charge in [-0.1, -0.05) is 57.6 Å². The molecule has 164 valence electrons. The van der Waals surface area contributed by atoms with Gasteiger partial charge in [0, 0.05) is 0 Å². The van der Waals surface area contributed by atoms with Gasteiger partial charge < -0.3 is 10.2 Å². The molecule has 2 unspecified atom stereocenters. The molecule has 0 heterocycles. The first kappa shape index (κ1) is 22.8. The van der Waals surface area contributed by atoms with Gasteiger partial charge in [0.2, 0.25) is 0 Å². The van der Waals surface area contributed by atoms with Crippen LogP contribution in [0.2, 0.25) is 0 Å². The molecule has 2 heteroatoms. The second-order valence-electron chi connectivity index (χ2n) is 10.9. The zero-order valence-electron chi connectivity index (χ0n) is 19.3. The molecule has 2 N–H and O–H groups in total. The Morgan fingerprint density at radius 2 is 1.86 bits per heavy atom. The molecular formula is C27H44O2. The summed E-state index contributed by atoms with van der Waals surface area (Å²) in [6, 6.07) is 0. The van der Waals surface area contributed by atoms with Crippen LogP contribution in [-0.4, -0.2) is 22.4 Å². The van der Waals surface area contributed by atoms with Crippen molar-refractivity contribution in [1.29, 1.82) is 0 Å². The molecule has 3 aliphatic carbocycles. The molecule has 3 aliphatic rings. The molecule has 3 fully saturated rings. The topological polar surface area (TPSA) is 40.5 Å². The Kier molecular flexibility index (Phi) is 7.49. The van der Waals surface area contributed by atoms with Crippen molar-refractivity contribution in [1.82, 2.24) is 0 Å². The van der Waals surface area contributed by atoms with Gasteiger partial charge in [0.1, 0.15) is 0 Å². The first-order chi connectivity index (χ1) is 13.7. The highest BCUT2D eigenvalue weighted by Crippen LogP contribution is 2.60. The van der Waals surface area contributed by atoms with Crippen LogP contribution in [-0.2, 0) is 0 Å². The number of hydrogen-bond acceptors (Lipinski definition) is 2. The minimum Gasteiger partial charge on any atom is -0.393 e. The Bertz CT molecular complexity index is 643. The summed E-state index contributed by atoms with van der Waals surface area (Å²) in [6.45, 7) is 13.5. The van der Waals surface area contributed by atoms with E-state index >= 15 is 0 Å². The summed E-state index contributed by atoms with van der Waals surface area (Å²) >= 11 is 0. The second kappa shape index (κ2) is 9.52. The summed E-state index contributed by atoms with van der Waals surface area (Å²) in [5, 5.41) is 20.9. The van der Waals surface area contributed by atoms with Gasteiger partial charge >= 0.3 is 0 Å². The van der Waals surface area contributed by atoms with Gasteiger partial charge in [-0.2, -0.15) is 0 Å². The summed E-state index contributed by atoms with van der Waals surface area (Å²) in [5.41, 5.74) is 4.38. The van der Waals surface area contributed by atoms with Crippen molar-refractivity contribution < 1.29 is 10.2 Å². The molecule has 3 rings (SSSR count). The van der Waals surface area contributed by atoms with Crippen molar-refractivity contribution in [3.8, 4) is 0 Å². The Balaban J connectivity index is 1.73. The van der Waals surface area contributed by atoms with E-state index in [-0.39, 0.29) is 12.2 Å². The van der Waals surface area contributed by atoms with E-state index in [0.29, 0.717) is 29.1 Å². The van der Waals surface area contributed by atoms with E-state index in [1.807, 2.05) is 0 Å². The summed E-state index contributed by atoms with van der Waals surface area (Å²) in [5.74, 6) is 2.32. The van der Waals surface area contributed by atoms with Crippen LogP contribution in [0.1, 0.15) is 91.9 Å². The van der Waals surface area contributed by atoms with E-state index in [1.165, 1.54) is 43.3 Å². The maximum atomic E-state index is 10.9. The fourth-order valence-electron chi connectivity index (χ4n) is 6.57. The van der Waals surface area contributed by atoms with E-state index < -0.39 is 0 Å². The lowest BCUT2D eigenvalue weighted by Crippen LogP contribution is -2.39. The van der Waals surface area contributed by atoms with E-state index in [4.69, 9.17) is 0 Å². The highest BCUT2D eigenvalue weighted by atomic mass is 16.3. The number of aliphatic hydroxyl groups is 2. The Morgan fingerprint density at radius 3 is 2.59 bits per heavy atom. The third kappa shape index (κ3) is 5.07. The summed E-state index contributed by atoms with van der Waals surface area (Å²) in [4.78, 5) is 0. The quantitative estimate of drug-likeness (QED) is 0.528. The predicted molar refractivity (Wildman–Crippen MR) is 123 cm³/mol. The summed E-state index contributed by atoms with van der Waals surface area (Å²) in [6.07, 6.45) is 15.1. The fraction of sp³-hybridized carbons (Fsp3) is 0.778. The molecule has 3 saturated carbocycles. The number of fused-ring (bicyclic) bond motifs is 1. The highest BCUT2D eigenvalue weighted by molar-refractivity contribution is 5.36. The van der Waals surface area contributed by atoms with Crippen molar-refractivity contribution in [3.63, 3.8) is 0 Å². The fourth-order valence-corrected chi connectivity index (χ4v) is 6.57. The first-order valence-electron chi connectivity index (χ1n) is 12.2. The van der Waals surface area contributed by atoms with Crippen LogP contribution in [0.25, 0.3) is 0 Å². The maximum absolute atomic E-state index is 10.9. The minimum absolute atomic E-state index is 0.165. The maximum Gasteiger partial charge on any atom is 0.0583 e. The van der Waals surface area contributed by atoms with Gasteiger partial charge in [-0.3, -0.25) is 0 Å². The average Bonchev–Trinajstić information content (AvgIpc) is 3.03. The van der Waals surface area contributed by atoms with Crippen molar-refractivity contribution in [2.45, 2.75) is 104 Å². The highest BCUT2D eigenvalue weighted by Gasteiger charge is 2.51. The Labute approximate surface area is 179 Å². The van der Waals surface area contributed by atoms with Crippen LogP contribution >= 0.6 is 0 Å². The second-order valence-corrected chi connectivity index (χ2v) is 10.9. The molecule has 0 radical (unpaired) electrons. The molecule has 0 aromatic heterocycles. The zero-order valence-corrected chi connectivity index (χ0v) is 19.3. The third-order valence-electron chi connectivity index (χ3n) is 8.51. The van der Waals surface area contributed by atoms with Crippen molar-refractivity contribution in [2.75, 3.05) is 0 Å². The van der Waals surface area contributed by atoms with Gasteiger partial charge in [-0.25, -0.2) is 0 Å². The average molecular weight is 401 g/mol. The molecule has 0 spiro atoms. The van der Waals surface area contributed by atoms with Gasteiger partial charge in [-0.15, -0.1) is 0 Å². The van der Waals surface area contributed by atoms with E-state index in [0.717, 1.165) is 32.1 Å². The van der Waals surface area contributed by atoms with Crippen molar-refractivity contribution >= 4 is 0 Å². The van der Waals surface area contributed by atoms with Gasteiger partial charge in [0.25, 0.3) is 0 Å². The molecule has 29 heavy (non-hydrogen) atoms. The van der Waals surface area contributed by atoms with Crippen LogP contribution < -0.4 is 0 Å². The van der Waals surface area contributed by atoms with Crippen molar-refractivity contribution in [2.24, 2.45) is 29.1 Å². The van der Waals surface area contributed by atoms with Gasteiger partial charge in [0.15, 0.2) is 0 Å². The van der Waals surface area contributed by atoms with Crippen LogP contribution in [0.3, 0.4) is 0 Å². The molecule has 2 nitrogen and oxygen atoms in total. The number of allylic oxidation sites excluding steroid dienone is 4. The van der Waals surface area contributed by atoms with Crippen LogP contribution in [0.5, 0.6) is 0 Å². The Morgan fingerprint density at radius 1 is 1.10 bits per heavy atom. The number of rotatable bonds is 6. The molecule has 0 amide bonds. The van der Waals surface area contributed by atoms with Crippen molar-refractivity contribution in [3.05, 3.63) is 35.5 Å². The molecule has 0 aromatic rings. The molecule has 0 aliphatic heterocycles. The lowest BCUT2D eigenvalue weighted by molar-refractivity contribution is 0.0147. The van der Waals surface area contributed by atoms with Gasteiger partial charge in [0.05, 0.1) is 12.2 Å². The number of hydrogen-bond donors (Lipinski definition) is 2. The lowest BCUT2D eigenvalue weighted by Gasteiger charge is -2.45. The molecule has 0 aromatic carbocycles. The van der Waals surface area contributed by atoms with Crippen LogP contribution in [0.15, 0.2) is 35.5 Å². The summed E-state index contributed by atoms with van der Waals surface area (Å²) < 4.78 is 0. The SMILES string of the molecule is C=C1CC[C@H](O)CC1=CC=C1CCC[C@@]2(C)C1CC[C@@H]2[C@H](C)C(O)CCC(C)C. The van der Waals surface area contributed by atoms with E-state index in [9.17, 15) is 10.2 Å². The van der Waals surface area contributed by atoms with E-state index in [1.54, 1.807) is 5.57 Å². The molecule has 0 saturated heterocycles. The number of aliphatic hydroxyl groups excluding tert-OH is 2. The third-order valence-corrected chi connectivity index (χ3v) is 8.51. The molecule has 0 bridgehead atoms. The molecule has 6 atom stereocenters. The predicted octanol–water partition coefficient (Wildman–Crippen LogP) is 6.59. The van der Waals surface area contributed by atoms with Crippen LogP contribution in [0, 0.1) is 29.1 Å². The Hall–Kier alpha value is -0.860. The van der Waals surface area contributed by atoms with E-state index in [2.05, 4.69) is 46.4 Å². The minimum atomic E-state index is -0.203. The lowest BCUT2D eigenvalue weighted by atomic mass is 9.60. The molecular weight excluding hydrogens is 356 g/mol.